The lowest BCUT2D eigenvalue weighted by Crippen LogP contribution is -2.23. The SMILES string of the molecule is O=C(OCc1ccccc1)C1=CC2c3sc(C=C4C(=O)c5cc6cc(F)c(F)cc6cc5C4=O)nc3C(C(=O)OCc3ccccc3)=CC2c2sc(C=C3C(=O)c4cc5cc(F)c(F)cc5cc4C3=O)nc21. The third-order valence-electron chi connectivity index (χ3n) is 12.9. The fraction of sp³-hybridized carbons (Fsp3) is 0.0714. The number of aromatic nitrogens is 2. The van der Waals surface area contributed by atoms with Crippen molar-refractivity contribution in [3.63, 3.8) is 0 Å². The van der Waals surface area contributed by atoms with Crippen LogP contribution in [-0.4, -0.2) is 45.0 Å². The number of Topliss-reactive ketones (excluding diaryl/α,β-unsaturated/α-hetero) is 4. The molecular formula is C56H28F4N2O8S2. The van der Waals surface area contributed by atoms with Gasteiger partial charge in [0.1, 0.15) is 23.2 Å². The molecular weight excluding hydrogens is 969 g/mol. The van der Waals surface area contributed by atoms with Gasteiger partial charge in [0.05, 0.1) is 33.7 Å². The number of hydrogen-bond donors (Lipinski definition) is 0. The maximum Gasteiger partial charge on any atom is 0.340 e. The number of halogens is 4. The first-order valence-corrected chi connectivity index (χ1v) is 23.8. The van der Waals surface area contributed by atoms with Crippen LogP contribution in [-0.2, 0) is 32.3 Å². The molecule has 0 bridgehead atoms. The van der Waals surface area contributed by atoms with Crippen LogP contribution in [0.1, 0.15) is 95.6 Å². The van der Waals surface area contributed by atoms with Gasteiger partial charge in [-0.25, -0.2) is 37.1 Å². The first kappa shape index (κ1) is 44.6. The van der Waals surface area contributed by atoms with Gasteiger partial charge >= 0.3 is 11.9 Å². The van der Waals surface area contributed by atoms with Gasteiger partial charge in [-0.3, -0.25) is 19.2 Å². The molecule has 4 aliphatic carbocycles. The topological polar surface area (TPSA) is 147 Å². The van der Waals surface area contributed by atoms with Gasteiger partial charge in [0.2, 0.25) is 0 Å². The van der Waals surface area contributed by atoms with Crippen molar-refractivity contribution in [2.75, 3.05) is 0 Å². The summed E-state index contributed by atoms with van der Waals surface area (Å²) in [7, 11) is 0. The number of esters is 2. The quantitative estimate of drug-likeness (QED) is 0.0624. The van der Waals surface area contributed by atoms with Crippen molar-refractivity contribution in [2.45, 2.75) is 25.0 Å². The van der Waals surface area contributed by atoms with Gasteiger partial charge in [-0.15, -0.1) is 22.7 Å². The zero-order chi connectivity index (χ0) is 49.7. The van der Waals surface area contributed by atoms with E-state index in [1.54, 1.807) is 60.7 Å². The van der Waals surface area contributed by atoms with Crippen LogP contribution >= 0.6 is 22.7 Å². The first-order valence-electron chi connectivity index (χ1n) is 22.1. The van der Waals surface area contributed by atoms with E-state index in [-0.39, 0.29) is 101 Å². The fourth-order valence-electron chi connectivity index (χ4n) is 9.43. The Morgan fingerprint density at radius 2 is 0.806 bits per heavy atom. The lowest BCUT2D eigenvalue weighted by molar-refractivity contribution is -0.138. The number of rotatable bonds is 8. The second-order valence-corrected chi connectivity index (χ2v) is 19.4. The molecule has 2 unspecified atom stereocenters. The molecule has 72 heavy (non-hydrogen) atoms. The zero-order valence-electron chi connectivity index (χ0n) is 36.8. The van der Waals surface area contributed by atoms with Gasteiger partial charge in [0.15, 0.2) is 46.4 Å². The predicted molar refractivity (Wildman–Crippen MR) is 259 cm³/mol. The van der Waals surface area contributed by atoms with Gasteiger partial charge in [-0.2, -0.15) is 0 Å². The summed E-state index contributed by atoms with van der Waals surface area (Å²) >= 11 is 2.12. The van der Waals surface area contributed by atoms with Crippen LogP contribution in [0.25, 0.3) is 44.8 Å². The molecule has 12 rings (SSSR count). The highest BCUT2D eigenvalue weighted by Crippen LogP contribution is 2.54. The average molecular weight is 997 g/mol. The van der Waals surface area contributed by atoms with Gasteiger partial charge < -0.3 is 9.47 Å². The van der Waals surface area contributed by atoms with Crippen molar-refractivity contribution < 1.29 is 55.8 Å². The molecule has 8 aromatic rings. The van der Waals surface area contributed by atoms with Crippen molar-refractivity contribution in [3.05, 3.63) is 220 Å². The van der Waals surface area contributed by atoms with Gasteiger partial charge in [0.25, 0.3) is 0 Å². The molecule has 0 N–H and O–H groups in total. The minimum absolute atomic E-state index is 0.00215. The van der Waals surface area contributed by atoms with Crippen LogP contribution in [0.5, 0.6) is 0 Å². The van der Waals surface area contributed by atoms with Crippen LogP contribution < -0.4 is 0 Å². The third-order valence-corrected chi connectivity index (χ3v) is 15.1. The molecule has 2 aromatic heterocycles. The van der Waals surface area contributed by atoms with E-state index < -0.39 is 70.2 Å². The predicted octanol–water partition coefficient (Wildman–Crippen LogP) is 11.5. The van der Waals surface area contributed by atoms with Crippen molar-refractivity contribution in [3.8, 4) is 0 Å². The highest BCUT2D eigenvalue weighted by atomic mass is 32.1. The molecule has 16 heteroatoms. The Morgan fingerprint density at radius 1 is 0.486 bits per heavy atom. The van der Waals surface area contributed by atoms with E-state index in [2.05, 4.69) is 0 Å². The molecule has 0 saturated heterocycles. The molecule has 10 nitrogen and oxygen atoms in total. The summed E-state index contributed by atoms with van der Waals surface area (Å²) in [5, 5.41) is 1.16. The molecule has 0 spiro atoms. The first-order chi connectivity index (χ1) is 34.8. The van der Waals surface area contributed by atoms with E-state index in [0.29, 0.717) is 20.9 Å². The lowest BCUT2D eigenvalue weighted by atomic mass is 9.76. The molecule has 6 aromatic carbocycles. The highest BCUT2D eigenvalue weighted by Gasteiger charge is 2.44. The maximum absolute atomic E-state index is 14.3. The largest absolute Gasteiger partial charge is 0.457 e. The Bertz CT molecular complexity index is 3570. The van der Waals surface area contributed by atoms with Gasteiger partial charge in [-0.1, -0.05) is 72.8 Å². The molecule has 0 saturated carbocycles. The number of carbonyl (C=O) groups excluding carboxylic acids is 6. The number of hydrogen-bond acceptors (Lipinski definition) is 12. The summed E-state index contributed by atoms with van der Waals surface area (Å²) < 4.78 is 68.5. The monoisotopic (exact) mass is 996 g/mol. The summed E-state index contributed by atoms with van der Waals surface area (Å²) in [5.41, 5.74) is 1.25. The Labute approximate surface area is 411 Å². The Balaban J connectivity index is 0.966. The van der Waals surface area contributed by atoms with E-state index >= 15 is 0 Å². The van der Waals surface area contributed by atoms with Crippen LogP contribution in [0.3, 0.4) is 0 Å². The maximum atomic E-state index is 14.3. The minimum atomic E-state index is -1.12. The van der Waals surface area contributed by atoms with E-state index in [4.69, 9.17) is 19.4 Å². The Hall–Kier alpha value is -8.60. The molecule has 350 valence electrons. The molecule has 4 aliphatic rings. The molecule has 0 amide bonds. The number of allylic oxidation sites excluding steroid dienone is 4. The van der Waals surface area contributed by atoms with Crippen molar-refractivity contribution >= 4 is 103 Å². The van der Waals surface area contributed by atoms with Crippen LogP contribution in [0.15, 0.2) is 132 Å². The van der Waals surface area contributed by atoms with E-state index in [1.165, 1.54) is 36.4 Å². The number of ether oxygens (including phenoxy) is 2. The lowest BCUT2D eigenvalue weighted by Gasteiger charge is -2.30. The van der Waals surface area contributed by atoms with Crippen molar-refractivity contribution in [1.82, 2.24) is 9.97 Å². The number of carbonyl (C=O) groups is 6. The van der Waals surface area contributed by atoms with Crippen LogP contribution in [0, 0.1) is 23.3 Å². The molecule has 0 radical (unpaired) electrons. The van der Waals surface area contributed by atoms with Crippen molar-refractivity contribution in [2.24, 2.45) is 0 Å². The molecule has 2 heterocycles. The summed E-state index contributed by atoms with van der Waals surface area (Å²) in [6.07, 6.45) is 5.89. The number of thiazole rings is 2. The van der Waals surface area contributed by atoms with Gasteiger partial charge in [0, 0.05) is 43.8 Å². The number of nitrogens with zero attached hydrogens (tertiary/aromatic N) is 2. The van der Waals surface area contributed by atoms with Crippen LogP contribution in [0.2, 0.25) is 0 Å². The summed E-state index contributed by atoms with van der Waals surface area (Å²) in [5.74, 6) is -10.1. The number of benzene rings is 6. The minimum Gasteiger partial charge on any atom is -0.457 e. The molecule has 0 fully saturated rings. The summed E-state index contributed by atoms with van der Waals surface area (Å²) in [4.78, 5) is 94.7. The molecule has 2 atom stereocenters. The van der Waals surface area contributed by atoms with Crippen molar-refractivity contribution in [1.29, 1.82) is 0 Å². The van der Waals surface area contributed by atoms with E-state index in [9.17, 15) is 46.3 Å². The Morgan fingerprint density at radius 3 is 1.12 bits per heavy atom. The number of fused-ring (bicyclic) bond motifs is 9. The van der Waals surface area contributed by atoms with Gasteiger partial charge in [-0.05, 0) is 93.4 Å². The fourth-order valence-corrected chi connectivity index (χ4v) is 11.7. The van der Waals surface area contributed by atoms with Crippen LogP contribution in [0.4, 0.5) is 17.6 Å². The number of ketones is 4. The standard InChI is InChI=1S/C56H28F4N2O8S2/c57-41-15-27-11-31-32(12-28(27)16-42(41)58)50(64)39(49(31)63)21-45-61-47-37(55(67)69-23-25-7-3-1-4-8-25)19-35-36(53(47)71-45)20-38(56(68)70-24-26-9-5-2-6-10-26)48-54(35)72-46(62-48)22-40-51(65)33-13-29-17-43(59)44(60)18-30(29)14-34(33)52(40)66/h1-22,35-36H,23-24H2. The Kier molecular flexibility index (Phi) is 10.6. The molecule has 0 aliphatic heterocycles. The second-order valence-electron chi connectivity index (χ2n) is 17.3. The smallest absolute Gasteiger partial charge is 0.340 e. The average Bonchev–Trinajstić information content (AvgIpc) is 4.12. The van der Waals surface area contributed by atoms with E-state index in [0.717, 1.165) is 46.9 Å². The van der Waals surface area contributed by atoms with E-state index in [1.807, 2.05) is 12.1 Å². The second kappa shape index (κ2) is 17.1. The highest BCUT2D eigenvalue weighted by molar-refractivity contribution is 7.13. The third kappa shape index (κ3) is 7.45. The summed E-state index contributed by atoms with van der Waals surface area (Å²) in [6.45, 7) is -0.203. The zero-order valence-corrected chi connectivity index (χ0v) is 38.4. The summed E-state index contributed by atoms with van der Waals surface area (Å²) in [6, 6.07) is 27.0. The normalized spacial score (nSPS) is 16.5.